The largest absolute Gasteiger partial charge is 0.467 e. The zero-order valence-corrected chi connectivity index (χ0v) is 11.0. The Hall–Kier alpha value is -2.31. The van der Waals surface area contributed by atoms with Crippen molar-refractivity contribution in [1.29, 1.82) is 0 Å². The van der Waals surface area contributed by atoms with Crippen molar-refractivity contribution in [2.24, 2.45) is 0 Å². The standard InChI is InChI=1S/C12H16N2O5/c1-8(12(17)18-3)13-10(15)7-14(2)11(16)9-5-4-6-19-9/h4-6,8H,7H2,1-3H3,(H,13,15). The van der Waals surface area contributed by atoms with Crippen LogP contribution in [0.25, 0.3) is 0 Å². The number of nitrogens with one attached hydrogen (secondary N) is 1. The van der Waals surface area contributed by atoms with E-state index in [4.69, 9.17) is 4.42 Å². The molecule has 1 unspecified atom stereocenters. The SMILES string of the molecule is COC(=O)C(C)NC(=O)CN(C)C(=O)c1ccco1. The van der Waals surface area contributed by atoms with Gasteiger partial charge in [0.05, 0.1) is 19.9 Å². The maximum atomic E-state index is 11.8. The molecule has 0 aliphatic carbocycles. The molecule has 1 rings (SSSR count). The zero-order chi connectivity index (χ0) is 14.4. The molecule has 1 atom stereocenters. The lowest BCUT2D eigenvalue weighted by atomic mass is 10.3. The predicted octanol–water partition coefficient (Wildman–Crippen LogP) is 0.0293. The molecule has 0 bridgehead atoms. The van der Waals surface area contributed by atoms with Crippen LogP contribution in [-0.2, 0) is 14.3 Å². The van der Waals surface area contributed by atoms with Gasteiger partial charge in [-0.1, -0.05) is 0 Å². The second-order valence-corrected chi connectivity index (χ2v) is 3.95. The number of carbonyl (C=O) groups is 3. The Balaban J connectivity index is 2.48. The van der Waals surface area contributed by atoms with E-state index in [0.717, 1.165) is 0 Å². The molecule has 0 aliphatic rings. The minimum atomic E-state index is -0.760. The van der Waals surface area contributed by atoms with Crippen LogP contribution < -0.4 is 5.32 Å². The van der Waals surface area contributed by atoms with E-state index < -0.39 is 23.8 Å². The molecule has 1 aromatic heterocycles. The lowest BCUT2D eigenvalue weighted by Crippen LogP contribution is -2.44. The summed E-state index contributed by atoms with van der Waals surface area (Å²) in [6.07, 6.45) is 1.38. The maximum Gasteiger partial charge on any atom is 0.328 e. The van der Waals surface area contributed by atoms with Gasteiger partial charge in [0.1, 0.15) is 6.04 Å². The molecule has 0 radical (unpaired) electrons. The van der Waals surface area contributed by atoms with E-state index in [1.165, 1.54) is 38.3 Å². The summed E-state index contributed by atoms with van der Waals surface area (Å²) in [6, 6.07) is 2.33. The number of hydrogen-bond donors (Lipinski definition) is 1. The fourth-order valence-corrected chi connectivity index (χ4v) is 1.40. The summed E-state index contributed by atoms with van der Waals surface area (Å²) in [6.45, 7) is 1.32. The van der Waals surface area contributed by atoms with Crippen molar-refractivity contribution in [3.8, 4) is 0 Å². The molecule has 0 aliphatic heterocycles. The number of amides is 2. The number of furan rings is 1. The van der Waals surface area contributed by atoms with Crippen molar-refractivity contribution in [2.75, 3.05) is 20.7 Å². The zero-order valence-electron chi connectivity index (χ0n) is 11.0. The van der Waals surface area contributed by atoms with Crippen LogP contribution in [0.1, 0.15) is 17.5 Å². The van der Waals surface area contributed by atoms with Crippen LogP contribution in [0.2, 0.25) is 0 Å². The van der Waals surface area contributed by atoms with Gasteiger partial charge >= 0.3 is 5.97 Å². The van der Waals surface area contributed by atoms with Crippen molar-refractivity contribution in [1.82, 2.24) is 10.2 Å². The second kappa shape index (κ2) is 6.58. The highest BCUT2D eigenvalue weighted by Crippen LogP contribution is 2.03. The first-order valence-electron chi connectivity index (χ1n) is 5.62. The third-order valence-corrected chi connectivity index (χ3v) is 2.39. The van der Waals surface area contributed by atoms with Crippen molar-refractivity contribution in [2.45, 2.75) is 13.0 Å². The van der Waals surface area contributed by atoms with Crippen LogP contribution in [0.3, 0.4) is 0 Å². The van der Waals surface area contributed by atoms with Gasteiger partial charge in [-0.15, -0.1) is 0 Å². The Morgan fingerprint density at radius 3 is 2.68 bits per heavy atom. The fraction of sp³-hybridized carbons (Fsp3) is 0.417. The number of ether oxygens (including phenoxy) is 1. The summed E-state index contributed by atoms with van der Waals surface area (Å²) in [4.78, 5) is 35.7. The van der Waals surface area contributed by atoms with Crippen molar-refractivity contribution < 1.29 is 23.5 Å². The number of esters is 1. The minimum absolute atomic E-state index is 0.149. The molecule has 0 saturated heterocycles. The highest BCUT2D eigenvalue weighted by Gasteiger charge is 2.20. The van der Waals surface area contributed by atoms with Gasteiger partial charge in [-0.2, -0.15) is 0 Å². The van der Waals surface area contributed by atoms with E-state index in [-0.39, 0.29) is 12.3 Å². The van der Waals surface area contributed by atoms with Gasteiger partial charge in [0.25, 0.3) is 5.91 Å². The minimum Gasteiger partial charge on any atom is -0.467 e. The van der Waals surface area contributed by atoms with Gasteiger partial charge in [0.2, 0.25) is 5.91 Å². The molecule has 0 spiro atoms. The summed E-state index contributed by atoms with van der Waals surface area (Å²) < 4.78 is 9.41. The third kappa shape index (κ3) is 4.13. The Kier molecular flexibility index (Phi) is 5.11. The van der Waals surface area contributed by atoms with E-state index >= 15 is 0 Å². The number of carbonyl (C=O) groups excluding carboxylic acids is 3. The second-order valence-electron chi connectivity index (χ2n) is 3.95. The number of likely N-dealkylation sites (N-methyl/N-ethyl adjacent to an activating group) is 1. The predicted molar refractivity (Wildman–Crippen MR) is 65.3 cm³/mol. The van der Waals surface area contributed by atoms with Crippen LogP contribution in [0.15, 0.2) is 22.8 Å². The smallest absolute Gasteiger partial charge is 0.328 e. The van der Waals surface area contributed by atoms with Crippen LogP contribution >= 0.6 is 0 Å². The average Bonchev–Trinajstić information content (AvgIpc) is 2.90. The van der Waals surface area contributed by atoms with E-state index in [9.17, 15) is 14.4 Å². The number of rotatable bonds is 5. The summed E-state index contributed by atoms with van der Waals surface area (Å²) >= 11 is 0. The summed E-state index contributed by atoms with van der Waals surface area (Å²) in [5, 5.41) is 2.42. The van der Waals surface area contributed by atoms with E-state index in [1.54, 1.807) is 6.07 Å². The van der Waals surface area contributed by atoms with Crippen LogP contribution in [-0.4, -0.2) is 49.4 Å². The summed E-state index contributed by atoms with van der Waals surface area (Å²) in [7, 11) is 2.70. The van der Waals surface area contributed by atoms with Gasteiger partial charge in [0, 0.05) is 7.05 Å². The van der Waals surface area contributed by atoms with Gasteiger partial charge < -0.3 is 19.4 Å². The van der Waals surface area contributed by atoms with Crippen LogP contribution in [0.4, 0.5) is 0 Å². The van der Waals surface area contributed by atoms with Crippen molar-refractivity contribution in [3.63, 3.8) is 0 Å². The quantitative estimate of drug-likeness (QED) is 0.761. The molecule has 1 aromatic rings. The highest BCUT2D eigenvalue weighted by molar-refractivity contribution is 5.94. The molecule has 104 valence electrons. The van der Waals surface area contributed by atoms with Crippen LogP contribution in [0.5, 0.6) is 0 Å². The molecule has 0 saturated carbocycles. The monoisotopic (exact) mass is 268 g/mol. The Bertz CT molecular complexity index is 455. The summed E-state index contributed by atoms with van der Waals surface area (Å²) in [5.41, 5.74) is 0. The molecule has 7 heteroatoms. The lowest BCUT2D eigenvalue weighted by Gasteiger charge is -2.17. The molecule has 19 heavy (non-hydrogen) atoms. The van der Waals surface area contributed by atoms with Gasteiger partial charge in [-0.05, 0) is 19.1 Å². The maximum absolute atomic E-state index is 11.8. The first-order chi connectivity index (χ1) is 8.95. The highest BCUT2D eigenvalue weighted by atomic mass is 16.5. The molecule has 2 amide bonds. The topological polar surface area (TPSA) is 88.9 Å². The van der Waals surface area contributed by atoms with E-state index in [1.807, 2.05) is 0 Å². The Morgan fingerprint density at radius 2 is 2.16 bits per heavy atom. The average molecular weight is 268 g/mol. The normalized spacial score (nSPS) is 11.5. The number of nitrogens with zero attached hydrogens (tertiary/aromatic N) is 1. The fourth-order valence-electron chi connectivity index (χ4n) is 1.40. The molecule has 0 fully saturated rings. The van der Waals surface area contributed by atoms with Crippen molar-refractivity contribution >= 4 is 17.8 Å². The number of methoxy groups -OCH3 is 1. The Labute approximate surface area is 110 Å². The summed E-state index contributed by atoms with van der Waals surface area (Å²) in [5.74, 6) is -1.27. The van der Waals surface area contributed by atoms with Crippen molar-refractivity contribution in [3.05, 3.63) is 24.2 Å². The lowest BCUT2D eigenvalue weighted by molar-refractivity contribution is -0.144. The van der Waals surface area contributed by atoms with Gasteiger partial charge in [0.15, 0.2) is 5.76 Å². The first kappa shape index (κ1) is 14.7. The molecule has 1 N–H and O–H groups in total. The van der Waals surface area contributed by atoms with Crippen LogP contribution in [0, 0.1) is 0 Å². The molecule has 7 nitrogen and oxygen atoms in total. The van der Waals surface area contributed by atoms with E-state index in [0.29, 0.717) is 0 Å². The van der Waals surface area contributed by atoms with Gasteiger partial charge in [-0.25, -0.2) is 4.79 Å². The van der Waals surface area contributed by atoms with E-state index in [2.05, 4.69) is 10.1 Å². The Morgan fingerprint density at radius 1 is 1.47 bits per heavy atom. The molecule has 1 heterocycles. The molecule has 0 aromatic carbocycles. The number of hydrogen-bond acceptors (Lipinski definition) is 5. The molecular formula is C12H16N2O5. The third-order valence-electron chi connectivity index (χ3n) is 2.39. The molecular weight excluding hydrogens is 252 g/mol. The van der Waals surface area contributed by atoms with Gasteiger partial charge in [-0.3, -0.25) is 9.59 Å². The first-order valence-corrected chi connectivity index (χ1v) is 5.62.